The zero-order chi connectivity index (χ0) is 16.6. The quantitative estimate of drug-likeness (QED) is 0.321. The fourth-order valence-electron chi connectivity index (χ4n) is 2.72. The maximum absolute atomic E-state index is 10.3. The van der Waals surface area contributed by atoms with Crippen LogP contribution < -0.4 is 5.32 Å². The standard InChI is InChI=1S/C13H18N4O5S/c1-2-23-22-4-6-10(18)11(19)8(15-6)5-3-14-9-7(5)16-13(21)17-12(9)20/h3,6,8,10-11,14-15,18-19H,2,4H2,1H3,(H2,16,17,20,21)/t6-,8+,10-,11+/m1/s1. The van der Waals surface area contributed by atoms with Gasteiger partial charge in [-0.15, -0.1) is 0 Å². The Kier molecular flexibility index (Phi) is 4.60. The molecule has 10 heteroatoms. The highest BCUT2D eigenvalue weighted by molar-refractivity contribution is 7.94. The van der Waals surface area contributed by atoms with Crippen molar-refractivity contribution in [2.24, 2.45) is 0 Å². The highest BCUT2D eigenvalue weighted by atomic mass is 32.2. The van der Waals surface area contributed by atoms with E-state index < -0.39 is 30.3 Å². The summed E-state index contributed by atoms with van der Waals surface area (Å²) in [5.41, 5.74) is 1.05. The van der Waals surface area contributed by atoms with Crippen molar-refractivity contribution in [3.63, 3.8) is 0 Å². The lowest BCUT2D eigenvalue weighted by Gasteiger charge is -2.14. The van der Waals surface area contributed by atoms with Gasteiger partial charge in [0, 0.05) is 17.5 Å². The number of hydrogen-bond acceptors (Lipinski definition) is 9. The first kappa shape index (κ1) is 16.3. The van der Waals surface area contributed by atoms with Crippen LogP contribution in [0.4, 0.5) is 0 Å². The van der Waals surface area contributed by atoms with Crippen LogP contribution in [0, 0.1) is 0 Å². The van der Waals surface area contributed by atoms with Gasteiger partial charge in [-0.05, 0) is 12.0 Å². The van der Waals surface area contributed by atoms with E-state index in [1.807, 2.05) is 6.92 Å². The number of aliphatic hydroxyl groups excluding tert-OH is 2. The lowest BCUT2D eigenvalue weighted by molar-refractivity contribution is 0.0226. The zero-order valence-electron chi connectivity index (χ0n) is 12.3. The van der Waals surface area contributed by atoms with E-state index >= 15 is 0 Å². The van der Waals surface area contributed by atoms with Crippen LogP contribution in [0.25, 0.3) is 11.0 Å². The molecular formula is C13H18N4O5S. The molecule has 0 unspecified atom stereocenters. The van der Waals surface area contributed by atoms with Gasteiger partial charge in [-0.25, -0.2) is 0 Å². The van der Waals surface area contributed by atoms with Crippen LogP contribution >= 0.6 is 12.0 Å². The van der Waals surface area contributed by atoms with Gasteiger partial charge in [0.05, 0.1) is 24.8 Å². The smallest absolute Gasteiger partial charge is 0.317 e. The molecule has 6 N–H and O–H groups in total. The molecule has 0 spiro atoms. The Balaban J connectivity index is 1.87. The Labute approximate surface area is 135 Å². The molecule has 2 aromatic rings. The van der Waals surface area contributed by atoms with Crippen molar-refractivity contribution in [3.05, 3.63) is 11.8 Å². The largest absolute Gasteiger partial charge is 0.492 e. The summed E-state index contributed by atoms with van der Waals surface area (Å²) in [6.07, 6.45) is -0.532. The first-order chi connectivity index (χ1) is 11.0. The van der Waals surface area contributed by atoms with Crippen LogP contribution in [0.3, 0.4) is 0 Å². The molecule has 126 valence electrons. The minimum Gasteiger partial charge on any atom is -0.492 e. The second kappa shape index (κ2) is 6.49. The molecule has 0 radical (unpaired) electrons. The minimum atomic E-state index is -1.08. The van der Waals surface area contributed by atoms with Gasteiger partial charge < -0.3 is 34.9 Å². The number of aromatic nitrogens is 3. The van der Waals surface area contributed by atoms with Gasteiger partial charge in [-0.1, -0.05) is 6.92 Å². The SMILES string of the molecule is CCSOC[C@H]1N[C@@H](c2c[nH]c3c(O)nc(O)nc23)[C@H](O)[C@@H]1O. The second-order valence-corrected chi connectivity index (χ2v) is 6.29. The lowest BCUT2D eigenvalue weighted by atomic mass is 10.0. The van der Waals surface area contributed by atoms with E-state index in [0.717, 1.165) is 5.75 Å². The molecule has 1 fully saturated rings. The number of aromatic amines is 1. The minimum absolute atomic E-state index is 0.237. The number of aliphatic hydroxyl groups is 2. The number of H-pyrrole nitrogens is 1. The molecule has 1 aliphatic heterocycles. The Hall–Kier alpha value is -1.59. The number of nitrogens with one attached hydrogen (secondary N) is 2. The summed E-state index contributed by atoms with van der Waals surface area (Å²) in [6.45, 7) is 2.19. The van der Waals surface area contributed by atoms with Gasteiger partial charge in [0.15, 0.2) is 0 Å². The van der Waals surface area contributed by atoms with E-state index in [-0.39, 0.29) is 23.5 Å². The van der Waals surface area contributed by atoms with Crippen LogP contribution in [0.1, 0.15) is 18.5 Å². The summed E-state index contributed by atoms with van der Waals surface area (Å²) < 4.78 is 5.35. The van der Waals surface area contributed by atoms with Crippen molar-refractivity contribution < 1.29 is 24.6 Å². The van der Waals surface area contributed by atoms with Gasteiger partial charge in [-0.3, -0.25) is 0 Å². The summed E-state index contributed by atoms with van der Waals surface area (Å²) in [7, 11) is 0. The van der Waals surface area contributed by atoms with E-state index in [0.29, 0.717) is 5.56 Å². The highest BCUT2D eigenvalue weighted by Crippen LogP contribution is 2.34. The summed E-state index contributed by atoms with van der Waals surface area (Å²) in [5, 5.41) is 42.7. The average Bonchev–Trinajstić information content (AvgIpc) is 3.04. The summed E-state index contributed by atoms with van der Waals surface area (Å²) >= 11 is 1.28. The van der Waals surface area contributed by atoms with E-state index in [2.05, 4.69) is 20.3 Å². The average molecular weight is 342 g/mol. The maximum atomic E-state index is 10.3. The van der Waals surface area contributed by atoms with Gasteiger partial charge in [0.1, 0.15) is 17.1 Å². The fourth-order valence-corrected chi connectivity index (χ4v) is 3.13. The molecule has 0 aromatic carbocycles. The third kappa shape index (κ3) is 2.95. The Bertz CT molecular complexity index is 696. The van der Waals surface area contributed by atoms with Gasteiger partial charge in [0.2, 0.25) is 5.88 Å². The predicted molar refractivity (Wildman–Crippen MR) is 83.0 cm³/mol. The van der Waals surface area contributed by atoms with Crippen LogP contribution in [-0.4, -0.2) is 66.0 Å². The molecule has 3 heterocycles. The molecule has 1 saturated heterocycles. The molecule has 2 aromatic heterocycles. The second-order valence-electron chi connectivity index (χ2n) is 5.24. The van der Waals surface area contributed by atoms with E-state index in [1.165, 1.54) is 12.0 Å². The van der Waals surface area contributed by atoms with Crippen molar-refractivity contribution in [1.29, 1.82) is 0 Å². The summed E-state index contributed by atoms with van der Waals surface area (Å²) in [5.74, 6) is 0.401. The van der Waals surface area contributed by atoms with Crippen molar-refractivity contribution in [2.45, 2.75) is 31.2 Å². The van der Waals surface area contributed by atoms with Gasteiger partial charge >= 0.3 is 6.01 Å². The van der Waals surface area contributed by atoms with Gasteiger partial charge in [-0.2, -0.15) is 9.97 Å². The molecular weight excluding hydrogens is 324 g/mol. The molecule has 3 rings (SSSR count). The molecule has 1 aliphatic rings. The molecule has 0 saturated carbocycles. The number of fused-ring (bicyclic) bond motifs is 1. The van der Waals surface area contributed by atoms with Crippen LogP contribution in [-0.2, 0) is 4.18 Å². The molecule has 4 atom stereocenters. The first-order valence-corrected chi connectivity index (χ1v) is 8.07. The lowest BCUT2D eigenvalue weighted by Crippen LogP contribution is -2.36. The Morgan fingerprint density at radius 2 is 2.04 bits per heavy atom. The van der Waals surface area contributed by atoms with Crippen LogP contribution in [0.15, 0.2) is 6.20 Å². The summed E-state index contributed by atoms with van der Waals surface area (Å²) in [4.78, 5) is 10.1. The number of nitrogens with zero attached hydrogens (tertiary/aromatic N) is 2. The van der Waals surface area contributed by atoms with Crippen LogP contribution in [0.5, 0.6) is 11.9 Å². The molecule has 0 bridgehead atoms. The van der Waals surface area contributed by atoms with Crippen molar-refractivity contribution in [1.82, 2.24) is 20.3 Å². The van der Waals surface area contributed by atoms with Crippen molar-refractivity contribution >= 4 is 23.1 Å². The third-order valence-electron chi connectivity index (χ3n) is 3.80. The number of rotatable bonds is 5. The van der Waals surface area contributed by atoms with E-state index in [9.17, 15) is 20.4 Å². The van der Waals surface area contributed by atoms with E-state index in [1.54, 1.807) is 6.20 Å². The van der Waals surface area contributed by atoms with Crippen molar-refractivity contribution in [2.75, 3.05) is 12.4 Å². The Morgan fingerprint density at radius 1 is 1.26 bits per heavy atom. The van der Waals surface area contributed by atoms with Crippen molar-refractivity contribution in [3.8, 4) is 11.9 Å². The van der Waals surface area contributed by atoms with Crippen LogP contribution in [0.2, 0.25) is 0 Å². The normalized spacial score (nSPS) is 27.8. The number of aromatic hydroxyl groups is 2. The predicted octanol–water partition coefficient (Wildman–Crippen LogP) is -0.212. The molecule has 23 heavy (non-hydrogen) atoms. The van der Waals surface area contributed by atoms with E-state index in [4.69, 9.17) is 4.18 Å². The number of hydrogen-bond donors (Lipinski definition) is 6. The highest BCUT2D eigenvalue weighted by Gasteiger charge is 2.43. The van der Waals surface area contributed by atoms with Gasteiger partial charge in [0.25, 0.3) is 0 Å². The maximum Gasteiger partial charge on any atom is 0.317 e. The Morgan fingerprint density at radius 3 is 2.78 bits per heavy atom. The first-order valence-electron chi connectivity index (χ1n) is 7.16. The monoisotopic (exact) mass is 342 g/mol. The molecule has 0 aliphatic carbocycles. The zero-order valence-corrected chi connectivity index (χ0v) is 13.1. The molecule has 0 amide bonds. The topological polar surface area (TPSA) is 144 Å². The fraction of sp³-hybridized carbons (Fsp3) is 0.538. The summed E-state index contributed by atoms with van der Waals surface area (Å²) in [6, 6.07) is -1.63. The molecule has 9 nitrogen and oxygen atoms in total. The third-order valence-corrected chi connectivity index (χ3v) is 4.34.